The molecule has 0 aliphatic heterocycles. The minimum absolute atomic E-state index is 0.0557. The fourth-order valence-corrected chi connectivity index (χ4v) is 5.53. The lowest BCUT2D eigenvalue weighted by molar-refractivity contribution is 0.601. The summed E-state index contributed by atoms with van der Waals surface area (Å²) in [7, 11) is -3.98. The first-order valence-electron chi connectivity index (χ1n) is 6.55. The Balaban J connectivity index is 1.93. The van der Waals surface area contributed by atoms with Gasteiger partial charge in [-0.05, 0) is 12.1 Å². The monoisotopic (exact) mass is 418 g/mol. The van der Waals surface area contributed by atoms with Crippen molar-refractivity contribution in [3.8, 4) is 11.3 Å². The van der Waals surface area contributed by atoms with Crippen LogP contribution in [0.1, 0.15) is 0 Å². The molecule has 9 heteroatoms. The number of nitrogens with zero attached hydrogens (tertiary/aromatic N) is 1. The third kappa shape index (κ3) is 3.68. The first kappa shape index (κ1) is 17.5. The Bertz CT molecular complexity index is 966. The number of hydrogen-bond acceptors (Lipinski definition) is 4. The molecule has 1 N–H and O–H groups in total. The number of nitrogens with one attached hydrogen (secondary N) is 1. The van der Waals surface area contributed by atoms with E-state index in [4.69, 9.17) is 34.8 Å². The molecule has 24 heavy (non-hydrogen) atoms. The molecule has 0 fully saturated rings. The van der Waals surface area contributed by atoms with Gasteiger partial charge < -0.3 is 0 Å². The lowest BCUT2D eigenvalue weighted by atomic mass is 10.2. The topological polar surface area (TPSA) is 59.1 Å². The Morgan fingerprint density at radius 1 is 1.00 bits per heavy atom. The standard InChI is InChI=1S/C15H9Cl3N2O2S2/c16-10-6-11(17)14(12(18)7-10)24(21,22)20-15-19-13(8-23-15)9-4-2-1-3-5-9/h1-8H,(H,19,20). The molecular weight excluding hydrogens is 411 g/mol. The maximum atomic E-state index is 12.5. The summed E-state index contributed by atoms with van der Waals surface area (Å²) in [6.45, 7) is 0. The maximum absolute atomic E-state index is 12.5. The van der Waals surface area contributed by atoms with Crippen LogP contribution in [-0.2, 0) is 10.0 Å². The van der Waals surface area contributed by atoms with Gasteiger partial charge in [-0.2, -0.15) is 0 Å². The molecule has 0 amide bonds. The van der Waals surface area contributed by atoms with Crippen molar-refractivity contribution in [2.75, 3.05) is 4.72 Å². The van der Waals surface area contributed by atoms with Crippen molar-refractivity contribution in [2.24, 2.45) is 0 Å². The first-order chi connectivity index (χ1) is 11.4. The third-order valence-electron chi connectivity index (χ3n) is 3.03. The molecule has 1 heterocycles. The van der Waals surface area contributed by atoms with Crippen LogP contribution in [0.2, 0.25) is 15.1 Å². The molecule has 0 atom stereocenters. The average Bonchev–Trinajstić information content (AvgIpc) is 2.94. The van der Waals surface area contributed by atoms with E-state index in [1.165, 1.54) is 23.5 Å². The van der Waals surface area contributed by atoms with Crippen molar-refractivity contribution >= 4 is 61.3 Å². The van der Waals surface area contributed by atoms with Gasteiger partial charge in [0.1, 0.15) is 4.90 Å². The molecule has 2 aromatic carbocycles. The van der Waals surface area contributed by atoms with Crippen LogP contribution in [0.25, 0.3) is 11.3 Å². The van der Waals surface area contributed by atoms with Gasteiger partial charge in [0.15, 0.2) is 5.13 Å². The zero-order valence-electron chi connectivity index (χ0n) is 11.8. The maximum Gasteiger partial charge on any atom is 0.266 e. The summed E-state index contributed by atoms with van der Waals surface area (Å²) < 4.78 is 27.5. The van der Waals surface area contributed by atoms with E-state index in [0.29, 0.717) is 5.69 Å². The summed E-state index contributed by atoms with van der Waals surface area (Å²) in [5, 5.41) is 2.12. The molecule has 0 radical (unpaired) electrons. The van der Waals surface area contributed by atoms with E-state index in [9.17, 15) is 8.42 Å². The summed E-state index contributed by atoms with van der Waals surface area (Å²) in [5.74, 6) is 0. The fraction of sp³-hybridized carbons (Fsp3) is 0. The van der Waals surface area contributed by atoms with Gasteiger partial charge in [0.25, 0.3) is 10.0 Å². The van der Waals surface area contributed by atoms with Crippen molar-refractivity contribution in [1.82, 2.24) is 4.98 Å². The number of halogens is 3. The second-order valence-corrected chi connectivity index (χ2v) is 8.44. The second kappa shape index (κ2) is 6.90. The molecule has 0 spiro atoms. The number of benzene rings is 2. The van der Waals surface area contributed by atoms with E-state index >= 15 is 0 Å². The zero-order chi connectivity index (χ0) is 17.3. The molecule has 3 rings (SSSR count). The number of thiazole rings is 1. The van der Waals surface area contributed by atoms with Gasteiger partial charge in [0.05, 0.1) is 15.7 Å². The highest BCUT2D eigenvalue weighted by Gasteiger charge is 2.24. The van der Waals surface area contributed by atoms with Gasteiger partial charge in [-0.15, -0.1) is 11.3 Å². The van der Waals surface area contributed by atoms with Crippen molar-refractivity contribution in [3.63, 3.8) is 0 Å². The summed E-state index contributed by atoms with van der Waals surface area (Å²) in [5.41, 5.74) is 1.56. The van der Waals surface area contributed by atoms with Gasteiger partial charge in [0.2, 0.25) is 0 Å². The predicted octanol–water partition coefficient (Wildman–Crippen LogP) is 5.57. The fourth-order valence-electron chi connectivity index (χ4n) is 2.01. The summed E-state index contributed by atoms with van der Waals surface area (Å²) in [6.07, 6.45) is 0. The molecule has 124 valence electrons. The summed E-state index contributed by atoms with van der Waals surface area (Å²) >= 11 is 18.9. The lowest BCUT2D eigenvalue weighted by Crippen LogP contribution is -2.14. The summed E-state index contributed by atoms with van der Waals surface area (Å²) in [6, 6.07) is 12.1. The first-order valence-corrected chi connectivity index (χ1v) is 10.0. The zero-order valence-corrected chi connectivity index (χ0v) is 15.7. The van der Waals surface area contributed by atoms with Gasteiger partial charge >= 0.3 is 0 Å². The Kier molecular flexibility index (Phi) is 5.03. The van der Waals surface area contributed by atoms with Crippen LogP contribution in [0.15, 0.2) is 52.7 Å². The normalized spacial score (nSPS) is 11.5. The molecule has 3 aromatic rings. The Morgan fingerprint density at radius 2 is 1.62 bits per heavy atom. The van der Waals surface area contributed by atoms with Gasteiger partial charge in [-0.3, -0.25) is 4.72 Å². The van der Waals surface area contributed by atoms with E-state index < -0.39 is 10.0 Å². The average molecular weight is 420 g/mol. The minimum Gasteiger partial charge on any atom is -0.255 e. The molecule has 0 aliphatic rings. The number of aromatic nitrogens is 1. The molecule has 1 aromatic heterocycles. The largest absolute Gasteiger partial charge is 0.266 e. The van der Waals surface area contributed by atoms with Crippen LogP contribution in [0.4, 0.5) is 5.13 Å². The number of anilines is 1. The van der Waals surface area contributed by atoms with E-state index in [1.807, 2.05) is 30.3 Å². The lowest BCUT2D eigenvalue weighted by Gasteiger charge is -2.09. The quantitative estimate of drug-likeness (QED) is 0.601. The third-order valence-corrected chi connectivity index (χ3v) is 6.39. The van der Waals surface area contributed by atoms with Gasteiger partial charge in [-0.25, -0.2) is 13.4 Å². The van der Waals surface area contributed by atoms with Crippen LogP contribution >= 0.6 is 46.1 Å². The molecule has 0 unspecified atom stereocenters. The second-order valence-electron chi connectivity index (χ2n) is 4.71. The molecule has 0 saturated carbocycles. The molecule has 0 saturated heterocycles. The predicted molar refractivity (Wildman–Crippen MR) is 99.8 cm³/mol. The number of sulfonamides is 1. The van der Waals surface area contributed by atoms with Crippen molar-refractivity contribution in [3.05, 3.63) is 62.9 Å². The number of hydrogen-bond donors (Lipinski definition) is 1. The van der Waals surface area contributed by atoms with E-state index in [1.54, 1.807) is 5.38 Å². The van der Waals surface area contributed by atoms with Crippen molar-refractivity contribution in [1.29, 1.82) is 0 Å². The molecule has 0 aliphatic carbocycles. The Hall–Kier alpha value is -1.31. The molecule has 0 bridgehead atoms. The highest BCUT2D eigenvalue weighted by molar-refractivity contribution is 7.93. The van der Waals surface area contributed by atoms with Crippen LogP contribution in [0, 0.1) is 0 Å². The van der Waals surface area contributed by atoms with E-state index in [-0.39, 0.29) is 25.1 Å². The number of rotatable bonds is 4. The highest BCUT2D eigenvalue weighted by Crippen LogP contribution is 2.34. The van der Waals surface area contributed by atoms with E-state index in [2.05, 4.69) is 9.71 Å². The van der Waals surface area contributed by atoms with Crippen molar-refractivity contribution < 1.29 is 8.42 Å². The molecule has 4 nitrogen and oxygen atoms in total. The van der Waals surface area contributed by atoms with Crippen LogP contribution in [0.5, 0.6) is 0 Å². The van der Waals surface area contributed by atoms with Crippen LogP contribution in [0.3, 0.4) is 0 Å². The smallest absolute Gasteiger partial charge is 0.255 e. The van der Waals surface area contributed by atoms with Gasteiger partial charge in [-0.1, -0.05) is 65.1 Å². The highest BCUT2D eigenvalue weighted by atomic mass is 35.5. The van der Waals surface area contributed by atoms with E-state index in [0.717, 1.165) is 5.56 Å². The Morgan fingerprint density at radius 3 is 2.25 bits per heavy atom. The van der Waals surface area contributed by atoms with Crippen LogP contribution < -0.4 is 4.72 Å². The van der Waals surface area contributed by atoms with Gasteiger partial charge in [0, 0.05) is 16.0 Å². The summed E-state index contributed by atoms with van der Waals surface area (Å²) in [4.78, 5) is 4.05. The minimum atomic E-state index is -3.98. The van der Waals surface area contributed by atoms with Crippen molar-refractivity contribution in [2.45, 2.75) is 4.90 Å². The Labute approximate surface area is 158 Å². The van der Waals surface area contributed by atoms with Crippen LogP contribution in [-0.4, -0.2) is 13.4 Å². The molecular formula is C15H9Cl3N2O2S2. The SMILES string of the molecule is O=S(=O)(Nc1nc(-c2ccccc2)cs1)c1c(Cl)cc(Cl)cc1Cl.